The molecule has 0 saturated carbocycles. The van der Waals surface area contributed by atoms with Gasteiger partial charge in [-0.25, -0.2) is 4.98 Å². The molecule has 2 aromatic rings. The third-order valence-electron chi connectivity index (χ3n) is 2.15. The fraction of sp³-hybridized carbons (Fsp3) is 0.200. The largest absolute Gasteiger partial charge is 0.496 e. The van der Waals surface area contributed by atoms with Gasteiger partial charge in [0.25, 0.3) is 5.56 Å². The molecule has 1 heterocycles. The van der Waals surface area contributed by atoms with Crippen LogP contribution in [0, 0.1) is 0 Å². The zero-order chi connectivity index (χ0) is 11.7. The van der Waals surface area contributed by atoms with E-state index in [1.807, 2.05) is 0 Å². The average Bonchev–Trinajstić information content (AvgIpc) is 2.28. The number of fused-ring (bicyclic) bond motifs is 1. The molecule has 1 aromatic heterocycles. The van der Waals surface area contributed by atoms with E-state index in [0.717, 1.165) is 4.47 Å². The maximum absolute atomic E-state index is 11.7. The van der Waals surface area contributed by atoms with E-state index < -0.39 is 0 Å². The van der Waals surface area contributed by atoms with Gasteiger partial charge in [-0.15, -0.1) is 11.6 Å². The molecule has 0 atom stereocenters. The maximum atomic E-state index is 11.7. The summed E-state index contributed by atoms with van der Waals surface area (Å²) in [6.45, 7) is 0. The van der Waals surface area contributed by atoms with Gasteiger partial charge in [0.2, 0.25) is 0 Å². The van der Waals surface area contributed by atoms with E-state index in [2.05, 4.69) is 25.9 Å². The third kappa shape index (κ3) is 1.92. The van der Waals surface area contributed by atoms with Gasteiger partial charge in [0.05, 0.1) is 28.4 Å². The lowest BCUT2D eigenvalue weighted by Gasteiger charge is -2.05. The minimum absolute atomic E-state index is 0.175. The molecule has 0 aliphatic rings. The maximum Gasteiger partial charge on any atom is 0.258 e. The van der Waals surface area contributed by atoms with Gasteiger partial charge in [0, 0.05) is 0 Å². The van der Waals surface area contributed by atoms with E-state index in [0.29, 0.717) is 22.5 Å². The van der Waals surface area contributed by atoms with Gasteiger partial charge in [0.15, 0.2) is 0 Å². The Kier molecular flexibility index (Phi) is 3.16. The van der Waals surface area contributed by atoms with Gasteiger partial charge in [-0.05, 0) is 28.1 Å². The Bertz CT molecular complexity index is 597. The minimum atomic E-state index is -0.216. The molecule has 1 aromatic carbocycles. The van der Waals surface area contributed by atoms with E-state index in [1.54, 1.807) is 19.2 Å². The summed E-state index contributed by atoms with van der Waals surface area (Å²) in [5.74, 6) is 1.23. The molecule has 0 bridgehead atoms. The lowest BCUT2D eigenvalue weighted by atomic mass is 10.2. The normalized spacial score (nSPS) is 10.7. The average molecular weight is 304 g/mol. The van der Waals surface area contributed by atoms with Crippen LogP contribution in [0.15, 0.2) is 21.4 Å². The molecule has 0 unspecified atom stereocenters. The van der Waals surface area contributed by atoms with Crippen molar-refractivity contribution in [2.24, 2.45) is 0 Å². The highest BCUT2D eigenvalue weighted by Gasteiger charge is 2.08. The first kappa shape index (κ1) is 11.4. The monoisotopic (exact) mass is 302 g/mol. The second kappa shape index (κ2) is 4.43. The zero-order valence-corrected chi connectivity index (χ0v) is 10.7. The predicted octanol–water partition coefficient (Wildman–Crippen LogP) is 2.43. The standard InChI is InChI=1S/C10H8BrClN2O2/c1-16-8-2-5-7(3-6(8)11)13-9(4-12)14-10(5)15/h2-3H,4H2,1H3,(H,13,14,15). The van der Waals surface area contributed by atoms with Gasteiger partial charge < -0.3 is 9.72 Å². The minimum Gasteiger partial charge on any atom is -0.496 e. The van der Waals surface area contributed by atoms with Crippen LogP contribution in [0.4, 0.5) is 0 Å². The number of benzene rings is 1. The SMILES string of the molecule is COc1cc2c(=O)[nH]c(CCl)nc2cc1Br. The molecule has 0 amide bonds. The number of nitrogens with zero attached hydrogens (tertiary/aromatic N) is 1. The van der Waals surface area contributed by atoms with Crippen LogP contribution in [-0.4, -0.2) is 17.1 Å². The number of hydrogen-bond donors (Lipinski definition) is 1. The Balaban J connectivity index is 2.80. The van der Waals surface area contributed by atoms with E-state index >= 15 is 0 Å². The number of aromatic nitrogens is 2. The van der Waals surface area contributed by atoms with Crippen molar-refractivity contribution in [2.45, 2.75) is 5.88 Å². The summed E-state index contributed by atoms with van der Waals surface area (Å²) in [6.07, 6.45) is 0. The second-order valence-corrected chi connectivity index (χ2v) is 4.27. The van der Waals surface area contributed by atoms with Crippen LogP contribution in [-0.2, 0) is 5.88 Å². The Labute approximate surface area is 105 Å². The highest BCUT2D eigenvalue weighted by atomic mass is 79.9. The molecule has 2 rings (SSSR count). The van der Waals surface area contributed by atoms with E-state index in [4.69, 9.17) is 16.3 Å². The van der Waals surface area contributed by atoms with Crippen molar-refractivity contribution < 1.29 is 4.74 Å². The molecule has 0 aliphatic carbocycles. The lowest BCUT2D eigenvalue weighted by molar-refractivity contribution is 0.412. The zero-order valence-electron chi connectivity index (χ0n) is 8.38. The quantitative estimate of drug-likeness (QED) is 0.867. The number of aromatic amines is 1. The van der Waals surface area contributed by atoms with Gasteiger partial charge >= 0.3 is 0 Å². The number of halogens is 2. The van der Waals surface area contributed by atoms with Crippen LogP contribution in [0.25, 0.3) is 10.9 Å². The summed E-state index contributed by atoms with van der Waals surface area (Å²) in [5, 5.41) is 0.480. The molecule has 0 saturated heterocycles. The Morgan fingerprint density at radius 2 is 2.31 bits per heavy atom. The number of hydrogen-bond acceptors (Lipinski definition) is 3. The topological polar surface area (TPSA) is 55.0 Å². The highest BCUT2D eigenvalue weighted by Crippen LogP contribution is 2.27. The molecule has 6 heteroatoms. The molecular weight excluding hydrogens is 295 g/mol. The number of alkyl halides is 1. The third-order valence-corrected chi connectivity index (χ3v) is 3.03. The number of ether oxygens (including phenoxy) is 1. The summed E-state index contributed by atoms with van der Waals surface area (Å²) in [4.78, 5) is 18.5. The van der Waals surface area contributed by atoms with Gasteiger partial charge in [-0.2, -0.15) is 0 Å². The lowest BCUT2D eigenvalue weighted by Crippen LogP contribution is -2.11. The summed E-state index contributed by atoms with van der Waals surface area (Å²) in [7, 11) is 1.54. The molecule has 0 fully saturated rings. The molecule has 16 heavy (non-hydrogen) atoms. The number of methoxy groups -OCH3 is 1. The van der Waals surface area contributed by atoms with Crippen molar-refractivity contribution >= 4 is 38.4 Å². The number of nitrogens with one attached hydrogen (secondary N) is 1. The first-order valence-corrected chi connectivity index (χ1v) is 5.81. The number of rotatable bonds is 2. The molecule has 4 nitrogen and oxygen atoms in total. The van der Waals surface area contributed by atoms with Crippen molar-refractivity contribution in [3.63, 3.8) is 0 Å². The Morgan fingerprint density at radius 1 is 1.56 bits per heavy atom. The molecule has 1 N–H and O–H groups in total. The number of H-pyrrole nitrogens is 1. The predicted molar refractivity (Wildman–Crippen MR) is 66.2 cm³/mol. The first-order valence-electron chi connectivity index (χ1n) is 4.48. The summed E-state index contributed by atoms with van der Waals surface area (Å²) < 4.78 is 5.86. The van der Waals surface area contributed by atoms with Gasteiger partial charge in [0.1, 0.15) is 11.6 Å². The fourth-order valence-electron chi connectivity index (χ4n) is 1.41. The Morgan fingerprint density at radius 3 is 2.94 bits per heavy atom. The molecule has 0 radical (unpaired) electrons. The van der Waals surface area contributed by atoms with Crippen molar-refractivity contribution in [1.82, 2.24) is 9.97 Å². The summed E-state index contributed by atoms with van der Waals surface area (Å²) >= 11 is 8.97. The van der Waals surface area contributed by atoms with Crippen LogP contribution in [0.1, 0.15) is 5.82 Å². The first-order chi connectivity index (χ1) is 7.65. The van der Waals surface area contributed by atoms with Crippen LogP contribution < -0.4 is 10.3 Å². The smallest absolute Gasteiger partial charge is 0.258 e. The molecule has 0 aliphatic heterocycles. The fourth-order valence-corrected chi connectivity index (χ4v) is 2.03. The Hall–Kier alpha value is -1.07. The van der Waals surface area contributed by atoms with Crippen LogP contribution in [0.3, 0.4) is 0 Å². The molecule has 84 valence electrons. The highest BCUT2D eigenvalue weighted by molar-refractivity contribution is 9.10. The van der Waals surface area contributed by atoms with E-state index in [1.165, 1.54) is 0 Å². The summed E-state index contributed by atoms with van der Waals surface area (Å²) in [6, 6.07) is 3.38. The van der Waals surface area contributed by atoms with Gasteiger partial charge in [-0.1, -0.05) is 0 Å². The molecular formula is C10H8BrClN2O2. The van der Waals surface area contributed by atoms with Crippen molar-refractivity contribution in [1.29, 1.82) is 0 Å². The van der Waals surface area contributed by atoms with Crippen LogP contribution in [0.5, 0.6) is 5.75 Å². The van der Waals surface area contributed by atoms with Crippen molar-refractivity contribution in [2.75, 3.05) is 7.11 Å². The summed E-state index contributed by atoms with van der Waals surface area (Å²) in [5.41, 5.74) is 0.374. The van der Waals surface area contributed by atoms with Gasteiger partial charge in [-0.3, -0.25) is 4.79 Å². The van der Waals surface area contributed by atoms with Crippen molar-refractivity contribution in [3.05, 3.63) is 32.8 Å². The second-order valence-electron chi connectivity index (χ2n) is 3.15. The van der Waals surface area contributed by atoms with Crippen LogP contribution >= 0.6 is 27.5 Å². The molecule has 0 spiro atoms. The van der Waals surface area contributed by atoms with E-state index in [9.17, 15) is 4.79 Å². The van der Waals surface area contributed by atoms with Crippen molar-refractivity contribution in [3.8, 4) is 5.75 Å². The van der Waals surface area contributed by atoms with E-state index in [-0.39, 0.29) is 11.4 Å². The van der Waals surface area contributed by atoms with Crippen LogP contribution in [0.2, 0.25) is 0 Å².